The molecule has 0 atom stereocenters. The number of fused-ring (bicyclic) bond motifs is 1. The van der Waals surface area contributed by atoms with Crippen LogP contribution in [0.2, 0.25) is 0 Å². The Labute approximate surface area is 82.0 Å². The summed E-state index contributed by atoms with van der Waals surface area (Å²) in [6.45, 7) is 0.460. The van der Waals surface area contributed by atoms with Crippen LogP contribution in [0.3, 0.4) is 0 Å². The van der Waals surface area contributed by atoms with Crippen molar-refractivity contribution in [3.63, 3.8) is 0 Å². The Bertz CT molecular complexity index is 409. The molecular formula is C8H11ClN4. The third-order valence-corrected chi connectivity index (χ3v) is 1.74. The molecule has 0 aliphatic carbocycles. The Morgan fingerprint density at radius 3 is 2.92 bits per heavy atom. The highest BCUT2D eigenvalue weighted by Gasteiger charge is 1.98. The van der Waals surface area contributed by atoms with E-state index in [0.717, 1.165) is 17.0 Å². The van der Waals surface area contributed by atoms with E-state index in [1.165, 1.54) is 0 Å². The van der Waals surface area contributed by atoms with Crippen LogP contribution in [-0.4, -0.2) is 9.38 Å². The summed E-state index contributed by atoms with van der Waals surface area (Å²) in [5.74, 6) is 0. The maximum atomic E-state index is 5.59. The number of pyridine rings is 1. The molecule has 13 heavy (non-hydrogen) atoms. The zero-order valence-corrected chi connectivity index (χ0v) is 7.79. The summed E-state index contributed by atoms with van der Waals surface area (Å²) in [6, 6.07) is 3.65. The molecule has 0 unspecified atom stereocenters. The van der Waals surface area contributed by atoms with Crippen molar-refractivity contribution in [2.45, 2.75) is 6.54 Å². The highest BCUT2D eigenvalue weighted by atomic mass is 35.5. The van der Waals surface area contributed by atoms with Crippen LogP contribution >= 0.6 is 12.4 Å². The van der Waals surface area contributed by atoms with Crippen molar-refractivity contribution in [3.8, 4) is 0 Å². The molecule has 0 fully saturated rings. The Morgan fingerprint density at radius 1 is 1.46 bits per heavy atom. The van der Waals surface area contributed by atoms with E-state index < -0.39 is 0 Å². The number of halogens is 1. The summed E-state index contributed by atoms with van der Waals surface area (Å²) < 4.78 is 1.90. The lowest BCUT2D eigenvalue weighted by Gasteiger charge is -1.92. The molecule has 4 N–H and O–H groups in total. The highest BCUT2D eigenvalue weighted by Crippen LogP contribution is 2.08. The standard InChI is InChI=1S/C8H10N4.ClH/c9-4-7-5-12-2-1-6(10)3-8(12)11-7;/h1-3,5H,4,9-10H2;1H. The van der Waals surface area contributed by atoms with Gasteiger partial charge in [0.15, 0.2) is 0 Å². The van der Waals surface area contributed by atoms with Crippen LogP contribution in [0.15, 0.2) is 24.5 Å². The van der Waals surface area contributed by atoms with Gasteiger partial charge in [0.1, 0.15) is 5.65 Å². The Hall–Kier alpha value is -1.26. The smallest absolute Gasteiger partial charge is 0.139 e. The first-order chi connectivity index (χ1) is 5.79. The van der Waals surface area contributed by atoms with E-state index in [2.05, 4.69) is 4.98 Å². The van der Waals surface area contributed by atoms with Gasteiger partial charge >= 0.3 is 0 Å². The topological polar surface area (TPSA) is 69.3 Å². The Balaban J connectivity index is 0.000000845. The molecule has 0 radical (unpaired) electrons. The fourth-order valence-electron chi connectivity index (χ4n) is 1.15. The van der Waals surface area contributed by atoms with Gasteiger partial charge in [0, 0.05) is 30.7 Å². The minimum atomic E-state index is 0. The van der Waals surface area contributed by atoms with Crippen LogP contribution in [0.1, 0.15) is 5.69 Å². The number of imidazole rings is 1. The van der Waals surface area contributed by atoms with Crippen molar-refractivity contribution in [1.82, 2.24) is 9.38 Å². The zero-order valence-electron chi connectivity index (χ0n) is 6.97. The summed E-state index contributed by atoms with van der Waals surface area (Å²) >= 11 is 0. The first kappa shape index (κ1) is 9.83. The molecule has 0 aromatic carbocycles. The van der Waals surface area contributed by atoms with E-state index in [-0.39, 0.29) is 12.4 Å². The number of nitrogens with zero attached hydrogens (tertiary/aromatic N) is 2. The average molecular weight is 199 g/mol. The number of nitrogens with two attached hydrogens (primary N) is 2. The van der Waals surface area contributed by atoms with Crippen LogP contribution in [-0.2, 0) is 6.54 Å². The molecule has 0 spiro atoms. The molecule has 0 aliphatic rings. The first-order valence-electron chi connectivity index (χ1n) is 3.73. The van der Waals surface area contributed by atoms with E-state index in [9.17, 15) is 0 Å². The van der Waals surface area contributed by atoms with E-state index in [1.807, 2.05) is 28.9 Å². The third kappa shape index (κ3) is 1.74. The summed E-state index contributed by atoms with van der Waals surface area (Å²) in [5.41, 5.74) is 13.5. The van der Waals surface area contributed by atoms with Crippen molar-refractivity contribution in [2.75, 3.05) is 5.73 Å². The van der Waals surface area contributed by atoms with E-state index in [1.54, 1.807) is 0 Å². The van der Waals surface area contributed by atoms with Gasteiger partial charge < -0.3 is 15.9 Å². The lowest BCUT2D eigenvalue weighted by Crippen LogP contribution is -1.95. The largest absolute Gasteiger partial charge is 0.399 e. The summed E-state index contributed by atoms with van der Waals surface area (Å²) in [7, 11) is 0. The molecule has 0 saturated heterocycles. The second-order valence-electron chi connectivity index (χ2n) is 2.66. The fourth-order valence-corrected chi connectivity index (χ4v) is 1.15. The number of aromatic nitrogens is 2. The molecule has 4 nitrogen and oxygen atoms in total. The number of nitrogen functional groups attached to an aromatic ring is 1. The maximum Gasteiger partial charge on any atom is 0.139 e. The van der Waals surface area contributed by atoms with Gasteiger partial charge in [-0.25, -0.2) is 4.98 Å². The monoisotopic (exact) mass is 198 g/mol. The van der Waals surface area contributed by atoms with Crippen LogP contribution < -0.4 is 11.5 Å². The van der Waals surface area contributed by atoms with Crippen molar-refractivity contribution in [1.29, 1.82) is 0 Å². The molecule has 2 aromatic heterocycles. The van der Waals surface area contributed by atoms with Crippen molar-refractivity contribution >= 4 is 23.7 Å². The lowest BCUT2D eigenvalue weighted by molar-refractivity contribution is 1.02. The van der Waals surface area contributed by atoms with Crippen molar-refractivity contribution in [2.24, 2.45) is 5.73 Å². The maximum absolute atomic E-state index is 5.59. The van der Waals surface area contributed by atoms with Crippen LogP contribution in [0.4, 0.5) is 5.69 Å². The Kier molecular flexibility index (Phi) is 2.75. The fraction of sp³-hybridized carbons (Fsp3) is 0.125. The SMILES string of the molecule is Cl.NCc1cn2ccc(N)cc2n1. The predicted octanol–water partition coefficient (Wildman–Crippen LogP) is 0.797. The number of rotatable bonds is 1. The third-order valence-electron chi connectivity index (χ3n) is 1.74. The molecule has 70 valence electrons. The second kappa shape index (κ2) is 3.64. The van der Waals surface area contributed by atoms with E-state index >= 15 is 0 Å². The van der Waals surface area contributed by atoms with Gasteiger partial charge in [0.2, 0.25) is 0 Å². The first-order valence-corrected chi connectivity index (χ1v) is 3.73. The van der Waals surface area contributed by atoms with Gasteiger partial charge in [-0.05, 0) is 6.07 Å². The molecule has 2 rings (SSSR count). The second-order valence-corrected chi connectivity index (χ2v) is 2.66. The molecule has 0 bridgehead atoms. The summed E-state index contributed by atoms with van der Waals surface area (Å²) in [4.78, 5) is 4.25. The van der Waals surface area contributed by atoms with Gasteiger partial charge in [0.05, 0.1) is 5.69 Å². The molecule has 2 aromatic rings. The van der Waals surface area contributed by atoms with Crippen LogP contribution in [0.25, 0.3) is 5.65 Å². The molecule has 2 heterocycles. The minimum Gasteiger partial charge on any atom is -0.399 e. The predicted molar refractivity (Wildman–Crippen MR) is 54.7 cm³/mol. The van der Waals surface area contributed by atoms with E-state index in [0.29, 0.717) is 6.54 Å². The highest BCUT2D eigenvalue weighted by molar-refractivity contribution is 5.85. The van der Waals surface area contributed by atoms with E-state index in [4.69, 9.17) is 11.5 Å². The van der Waals surface area contributed by atoms with Crippen molar-refractivity contribution in [3.05, 3.63) is 30.2 Å². The van der Waals surface area contributed by atoms with Crippen LogP contribution in [0.5, 0.6) is 0 Å². The number of hydrogen-bond donors (Lipinski definition) is 2. The quantitative estimate of drug-likeness (QED) is 0.712. The number of hydrogen-bond acceptors (Lipinski definition) is 3. The number of anilines is 1. The molecular weight excluding hydrogens is 188 g/mol. The molecule has 5 heteroatoms. The zero-order chi connectivity index (χ0) is 8.55. The molecule has 0 amide bonds. The normalized spacial score (nSPS) is 9.92. The average Bonchev–Trinajstić information content (AvgIpc) is 2.46. The summed E-state index contributed by atoms with van der Waals surface area (Å²) in [5, 5.41) is 0. The molecule has 0 saturated carbocycles. The van der Waals surface area contributed by atoms with Gasteiger partial charge in [-0.2, -0.15) is 0 Å². The van der Waals surface area contributed by atoms with Crippen molar-refractivity contribution < 1.29 is 0 Å². The van der Waals surface area contributed by atoms with Gasteiger partial charge in [0.25, 0.3) is 0 Å². The molecule has 0 aliphatic heterocycles. The van der Waals surface area contributed by atoms with Gasteiger partial charge in [-0.1, -0.05) is 0 Å². The van der Waals surface area contributed by atoms with Gasteiger partial charge in [-0.15, -0.1) is 12.4 Å². The minimum absolute atomic E-state index is 0. The Morgan fingerprint density at radius 2 is 2.23 bits per heavy atom. The van der Waals surface area contributed by atoms with Gasteiger partial charge in [-0.3, -0.25) is 0 Å². The van der Waals surface area contributed by atoms with Crippen LogP contribution in [0, 0.1) is 0 Å². The summed E-state index contributed by atoms with van der Waals surface area (Å²) in [6.07, 6.45) is 3.77. The lowest BCUT2D eigenvalue weighted by atomic mass is 10.4.